The molecular weight excluding hydrogens is 376 g/mol. The summed E-state index contributed by atoms with van der Waals surface area (Å²) in [6.45, 7) is 4.47. The molecular formula is C25H27N2O3-. The fraction of sp³-hybridized carbons (Fsp3) is 0.360. The second kappa shape index (κ2) is 8.34. The maximum atomic E-state index is 12.4. The van der Waals surface area contributed by atoms with Crippen molar-refractivity contribution in [1.82, 2.24) is 5.32 Å². The first-order valence-corrected chi connectivity index (χ1v) is 10.6. The number of fused-ring (bicyclic) bond motifs is 3. The Labute approximate surface area is 177 Å². The molecule has 2 aromatic carbocycles. The summed E-state index contributed by atoms with van der Waals surface area (Å²) < 4.78 is 0. The monoisotopic (exact) mass is 403 g/mol. The Hall–Kier alpha value is -3.08. The molecule has 0 spiro atoms. The number of nitrogens with one attached hydrogen (secondary N) is 2. The van der Waals surface area contributed by atoms with Crippen LogP contribution < -0.4 is 15.7 Å². The largest absolute Gasteiger partial charge is 0.550 e. The molecule has 30 heavy (non-hydrogen) atoms. The normalized spacial score (nSPS) is 21.6. The molecule has 4 rings (SSSR count). The molecule has 0 fully saturated rings. The van der Waals surface area contributed by atoms with Crippen LogP contribution in [0.3, 0.4) is 0 Å². The van der Waals surface area contributed by atoms with Crippen LogP contribution in [0.25, 0.3) is 0 Å². The maximum Gasteiger partial charge on any atom is 0.251 e. The van der Waals surface area contributed by atoms with Gasteiger partial charge in [0.25, 0.3) is 5.91 Å². The quantitative estimate of drug-likeness (QED) is 0.724. The summed E-state index contributed by atoms with van der Waals surface area (Å²) in [6, 6.07) is 14.8. The average Bonchev–Trinajstić information content (AvgIpc) is 3.23. The predicted octanol–water partition coefficient (Wildman–Crippen LogP) is 3.51. The predicted molar refractivity (Wildman–Crippen MR) is 115 cm³/mol. The van der Waals surface area contributed by atoms with Gasteiger partial charge in [0, 0.05) is 36.1 Å². The van der Waals surface area contributed by atoms with Crippen molar-refractivity contribution < 1.29 is 14.7 Å². The second-order valence-electron chi connectivity index (χ2n) is 8.48. The molecule has 1 amide bonds. The van der Waals surface area contributed by atoms with Gasteiger partial charge in [-0.2, -0.15) is 0 Å². The molecule has 0 saturated heterocycles. The number of hydrogen-bond acceptors (Lipinski definition) is 4. The van der Waals surface area contributed by atoms with Crippen molar-refractivity contribution in [3.63, 3.8) is 0 Å². The molecule has 0 aromatic heterocycles. The lowest BCUT2D eigenvalue weighted by Crippen LogP contribution is -2.32. The lowest BCUT2D eigenvalue weighted by molar-refractivity contribution is -0.305. The van der Waals surface area contributed by atoms with E-state index in [1.165, 1.54) is 11.1 Å². The molecule has 3 atom stereocenters. The number of rotatable bonds is 6. The number of hydrogen-bond donors (Lipinski definition) is 2. The number of aliphatic carboxylic acids is 1. The number of benzene rings is 2. The van der Waals surface area contributed by atoms with E-state index in [0.29, 0.717) is 17.4 Å². The third-order valence-electron chi connectivity index (χ3n) is 6.20. The summed E-state index contributed by atoms with van der Waals surface area (Å²) in [6.07, 6.45) is 5.28. The van der Waals surface area contributed by atoms with Crippen LogP contribution in [0.4, 0.5) is 5.69 Å². The van der Waals surface area contributed by atoms with Gasteiger partial charge >= 0.3 is 0 Å². The Bertz CT molecular complexity index is 978. The smallest absolute Gasteiger partial charge is 0.251 e. The molecule has 2 N–H and O–H groups in total. The average molecular weight is 404 g/mol. The van der Waals surface area contributed by atoms with Gasteiger partial charge in [-0.3, -0.25) is 4.79 Å². The van der Waals surface area contributed by atoms with Gasteiger partial charge in [0.15, 0.2) is 0 Å². The van der Waals surface area contributed by atoms with Gasteiger partial charge in [-0.1, -0.05) is 50.3 Å². The molecule has 156 valence electrons. The number of carboxylic acids is 1. The minimum Gasteiger partial charge on any atom is -0.550 e. The van der Waals surface area contributed by atoms with E-state index in [4.69, 9.17) is 0 Å². The molecule has 1 aliphatic heterocycles. The van der Waals surface area contributed by atoms with E-state index in [-0.39, 0.29) is 30.8 Å². The first kappa shape index (κ1) is 20.2. The fourth-order valence-electron chi connectivity index (χ4n) is 4.53. The number of amides is 1. The van der Waals surface area contributed by atoms with Crippen LogP contribution in [-0.4, -0.2) is 18.4 Å². The van der Waals surface area contributed by atoms with E-state index in [1.807, 2.05) is 12.1 Å². The van der Waals surface area contributed by atoms with E-state index >= 15 is 0 Å². The zero-order valence-electron chi connectivity index (χ0n) is 17.4. The summed E-state index contributed by atoms with van der Waals surface area (Å²) in [4.78, 5) is 23.0. The molecule has 5 nitrogen and oxygen atoms in total. The highest BCUT2D eigenvalue weighted by atomic mass is 16.4. The highest BCUT2D eigenvalue weighted by Crippen LogP contribution is 2.50. The van der Waals surface area contributed by atoms with Crippen molar-refractivity contribution in [3.8, 4) is 0 Å². The first-order chi connectivity index (χ1) is 14.4. The van der Waals surface area contributed by atoms with Crippen molar-refractivity contribution in [1.29, 1.82) is 0 Å². The van der Waals surface area contributed by atoms with Gasteiger partial charge in [0.2, 0.25) is 0 Å². The third-order valence-corrected chi connectivity index (χ3v) is 6.20. The van der Waals surface area contributed by atoms with Crippen LogP contribution in [0.1, 0.15) is 71.6 Å². The van der Waals surface area contributed by atoms with Gasteiger partial charge in [0.05, 0.1) is 6.04 Å². The van der Waals surface area contributed by atoms with Crippen molar-refractivity contribution in [2.24, 2.45) is 5.92 Å². The molecule has 5 heteroatoms. The summed E-state index contributed by atoms with van der Waals surface area (Å²) >= 11 is 0. The van der Waals surface area contributed by atoms with Crippen LogP contribution in [0.15, 0.2) is 54.6 Å². The van der Waals surface area contributed by atoms with Crippen LogP contribution in [0.2, 0.25) is 0 Å². The molecule has 0 bridgehead atoms. The Morgan fingerprint density at radius 2 is 1.93 bits per heavy atom. The number of allylic oxidation sites excluding steroid dienone is 2. The van der Waals surface area contributed by atoms with Gasteiger partial charge < -0.3 is 20.5 Å². The lowest BCUT2D eigenvalue weighted by Gasteiger charge is -2.37. The second-order valence-corrected chi connectivity index (χ2v) is 8.48. The van der Waals surface area contributed by atoms with Crippen LogP contribution in [0.5, 0.6) is 0 Å². The maximum absolute atomic E-state index is 12.4. The topological polar surface area (TPSA) is 81.3 Å². The number of carbonyl (C=O) groups excluding carboxylic acids is 2. The third kappa shape index (κ3) is 3.97. The van der Waals surface area contributed by atoms with Gasteiger partial charge in [-0.25, -0.2) is 0 Å². The summed E-state index contributed by atoms with van der Waals surface area (Å²) in [5, 5.41) is 16.9. The minimum absolute atomic E-state index is 0.0664. The molecule has 0 radical (unpaired) electrons. The molecule has 1 heterocycles. The van der Waals surface area contributed by atoms with E-state index in [9.17, 15) is 14.7 Å². The van der Waals surface area contributed by atoms with Gasteiger partial charge in [-0.15, -0.1) is 0 Å². The summed E-state index contributed by atoms with van der Waals surface area (Å²) in [5.74, 6) is -0.262. The van der Waals surface area contributed by atoms with E-state index in [2.05, 4.69) is 60.9 Å². The highest BCUT2D eigenvalue weighted by Gasteiger charge is 2.38. The Kier molecular flexibility index (Phi) is 5.62. The zero-order chi connectivity index (χ0) is 21.3. The fourth-order valence-corrected chi connectivity index (χ4v) is 4.53. The Morgan fingerprint density at radius 3 is 2.63 bits per heavy atom. The van der Waals surface area contributed by atoms with Crippen LogP contribution in [0, 0.1) is 5.92 Å². The molecule has 2 aromatic rings. The highest BCUT2D eigenvalue weighted by molar-refractivity contribution is 5.95. The van der Waals surface area contributed by atoms with Crippen molar-refractivity contribution in [2.45, 2.75) is 44.6 Å². The van der Waals surface area contributed by atoms with Gasteiger partial charge in [-0.05, 0) is 53.1 Å². The lowest BCUT2D eigenvalue weighted by atomic mass is 9.76. The molecule has 1 aliphatic carbocycles. The van der Waals surface area contributed by atoms with Crippen LogP contribution in [-0.2, 0) is 4.79 Å². The number of carboxylic acid groups (broad SMARTS) is 1. The molecule has 2 aliphatic rings. The molecule has 0 unspecified atom stereocenters. The van der Waals surface area contributed by atoms with Crippen molar-refractivity contribution in [3.05, 3.63) is 76.9 Å². The Balaban J connectivity index is 1.57. The van der Waals surface area contributed by atoms with Crippen molar-refractivity contribution >= 4 is 17.6 Å². The Morgan fingerprint density at radius 1 is 1.17 bits per heavy atom. The minimum atomic E-state index is -1.17. The zero-order valence-corrected chi connectivity index (χ0v) is 17.4. The van der Waals surface area contributed by atoms with Crippen LogP contribution >= 0.6 is 0 Å². The first-order valence-electron chi connectivity index (χ1n) is 10.6. The van der Waals surface area contributed by atoms with Gasteiger partial charge in [0.1, 0.15) is 0 Å². The summed E-state index contributed by atoms with van der Waals surface area (Å²) in [5.41, 5.74) is 5.34. The number of anilines is 1. The molecule has 0 saturated carbocycles. The van der Waals surface area contributed by atoms with Crippen molar-refractivity contribution in [2.75, 3.05) is 11.9 Å². The van der Waals surface area contributed by atoms with E-state index in [0.717, 1.165) is 17.7 Å². The number of carbonyl (C=O) groups is 2. The van der Waals surface area contributed by atoms with E-state index < -0.39 is 5.97 Å². The summed E-state index contributed by atoms with van der Waals surface area (Å²) in [7, 11) is 0. The van der Waals surface area contributed by atoms with E-state index in [1.54, 1.807) is 6.07 Å². The standard InChI is InChI=1S/C25H28N2O3/c1-15(2)16-6-8-17(9-7-16)24-20-5-3-4-19(20)21-14-18(10-11-22(21)27-24)25(30)26-13-12-23(28)29/h3-4,6-11,14-15,19-20,24,27H,5,12-13H2,1-2H3,(H,26,30)(H,28,29)/p-1/t19-,20-,24-/m1/s1. The SMILES string of the molecule is CC(C)c1ccc([C@H]2Nc3ccc(C(=O)NCCC(=O)[O-])cc3[C@@H]3C=CC[C@@H]23)cc1.